The van der Waals surface area contributed by atoms with E-state index in [4.69, 9.17) is 0 Å². The van der Waals surface area contributed by atoms with Crippen LogP contribution in [0.15, 0.2) is 15.7 Å². The minimum absolute atomic E-state index is 0.113. The Morgan fingerprint density at radius 3 is 2.59 bits per heavy atom. The Hall–Kier alpha value is -2.38. The summed E-state index contributed by atoms with van der Waals surface area (Å²) in [5.41, 5.74) is -1.64. The van der Waals surface area contributed by atoms with Gasteiger partial charge in [-0.25, -0.2) is 4.79 Å². The highest BCUT2D eigenvalue weighted by Gasteiger charge is 2.06. The number of carbonyl (C=O) groups is 2. The Morgan fingerprint density at radius 2 is 2.00 bits per heavy atom. The topological polar surface area (TPSA) is 135 Å². The number of nitrogens with one attached hydrogen (secondary N) is 3. The SMILES string of the molecule is O=C([O-])CCCNC(=O)c1cc(=O)[nH]c(=O)[nH]1. The molecule has 1 heterocycles. The number of rotatable bonds is 5. The van der Waals surface area contributed by atoms with Gasteiger partial charge in [-0.1, -0.05) is 0 Å². The van der Waals surface area contributed by atoms with Crippen molar-refractivity contribution >= 4 is 11.9 Å². The molecule has 0 unspecified atom stereocenters. The quantitative estimate of drug-likeness (QED) is 0.482. The fourth-order valence-corrected chi connectivity index (χ4v) is 1.12. The number of hydrogen-bond donors (Lipinski definition) is 3. The van der Waals surface area contributed by atoms with Gasteiger partial charge in [0.25, 0.3) is 11.5 Å². The van der Waals surface area contributed by atoms with Gasteiger partial charge in [-0.2, -0.15) is 0 Å². The van der Waals surface area contributed by atoms with Gasteiger partial charge >= 0.3 is 5.69 Å². The van der Waals surface area contributed by atoms with Gasteiger partial charge in [0, 0.05) is 18.6 Å². The average Bonchev–Trinajstić information content (AvgIpc) is 2.22. The first-order valence-electron chi connectivity index (χ1n) is 4.81. The van der Waals surface area contributed by atoms with Crippen molar-refractivity contribution in [3.63, 3.8) is 0 Å². The van der Waals surface area contributed by atoms with Crippen LogP contribution in [0.5, 0.6) is 0 Å². The predicted molar refractivity (Wildman–Crippen MR) is 54.3 cm³/mol. The second kappa shape index (κ2) is 5.64. The lowest BCUT2D eigenvalue weighted by atomic mass is 10.3. The summed E-state index contributed by atoms with van der Waals surface area (Å²) in [6.45, 7) is 0.113. The Balaban J connectivity index is 2.55. The van der Waals surface area contributed by atoms with E-state index in [1.165, 1.54) is 0 Å². The van der Waals surface area contributed by atoms with Crippen LogP contribution >= 0.6 is 0 Å². The highest BCUT2D eigenvalue weighted by atomic mass is 16.4. The van der Waals surface area contributed by atoms with Crippen molar-refractivity contribution < 1.29 is 14.7 Å². The molecular formula is C9H10N3O5-. The lowest BCUT2D eigenvalue weighted by Gasteiger charge is -2.04. The molecule has 0 spiro atoms. The standard InChI is InChI=1S/C9H11N3O5/c13-6-4-5(11-9(17)12-6)8(16)10-3-1-2-7(14)15/h4H,1-3H2,(H,10,16)(H,14,15)(H2,11,12,13,17)/p-1. The van der Waals surface area contributed by atoms with E-state index in [1.54, 1.807) is 0 Å². The zero-order valence-electron chi connectivity index (χ0n) is 8.74. The number of H-pyrrole nitrogens is 2. The third-order valence-electron chi connectivity index (χ3n) is 1.85. The molecule has 0 atom stereocenters. The minimum atomic E-state index is -1.20. The molecule has 0 fully saturated rings. The molecule has 1 amide bonds. The van der Waals surface area contributed by atoms with Crippen molar-refractivity contribution in [2.45, 2.75) is 12.8 Å². The Kier molecular flexibility index (Phi) is 4.21. The summed E-state index contributed by atoms with van der Waals surface area (Å²) in [5, 5.41) is 12.4. The number of hydrogen-bond acceptors (Lipinski definition) is 5. The number of aliphatic carboxylic acids is 1. The summed E-state index contributed by atoms with van der Waals surface area (Å²) in [6, 6.07) is 0.940. The van der Waals surface area contributed by atoms with Gasteiger partial charge in [0.15, 0.2) is 0 Å². The molecule has 17 heavy (non-hydrogen) atoms. The van der Waals surface area contributed by atoms with Crippen molar-refractivity contribution in [2.24, 2.45) is 0 Å². The fraction of sp³-hybridized carbons (Fsp3) is 0.333. The maximum Gasteiger partial charge on any atom is 0.326 e. The average molecular weight is 240 g/mol. The van der Waals surface area contributed by atoms with Crippen molar-refractivity contribution in [1.82, 2.24) is 15.3 Å². The number of aromatic nitrogens is 2. The largest absolute Gasteiger partial charge is 0.550 e. The zero-order chi connectivity index (χ0) is 12.8. The number of aromatic amines is 2. The van der Waals surface area contributed by atoms with Crippen LogP contribution in [0.2, 0.25) is 0 Å². The molecule has 3 N–H and O–H groups in total. The van der Waals surface area contributed by atoms with Crippen LogP contribution in [0.1, 0.15) is 23.3 Å². The van der Waals surface area contributed by atoms with E-state index < -0.39 is 23.1 Å². The highest BCUT2D eigenvalue weighted by Crippen LogP contribution is 1.88. The molecule has 0 saturated heterocycles. The lowest BCUT2D eigenvalue weighted by Crippen LogP contribution is -2.32. The maximum atomic E-state index is 11.4. The van der Waals surface area contributed by atoms with Gasteiger partial charge in [-0.3, -0.25) is 14.6 Å². The summed E-state index contributed by atoms with van der Waals surface area (Å²) in [4.78, 5) is 47.3. The highest BCUT2D eigenvalue weighted by molar-refractivity contribution is 5.91. The van der Waals surface area contributed by atoms with E-state index >= 15 is 0 Å². The molecule has 0 aliphatic rings. The van der Waals surface area contributed by atoms with Crippen LogP contribution in [0.4, 0.5) is 0 Å². The normalized spacial score (nSPS) is 9.88. The van der Waals surface area contributed by atoms with Gasteiger partial charge in [0.1, 0.15) is 5.69 Å². The third kappa shape index (κ3) is 4.33. The number of amides is 1. The first-order valence-corrected chi connectivity index (χ1v) is 4.81. The van der Waals surface area contributed by atoms with Crippen molar-refractivity contribution in [2.75, 3.05) is 6.54 Å². The molecule has 0 saturated carbocycles. The predicted octanol–water partition coefficient (Wildman–Crippen LogP) is -2.68. The van der Waals surface area contributed by atoms with E-state index in [1.807, 2.05) is 4.98 Å². The molecule has 0 aromatic carbocycles. The van der Waals surface area contributed by atoms with Crippen LogP contribution < -0.4 is 21.7 Å². The molecule has 8 heteroatoms. The molecular weight excluding hydrogens is 230 g/mol. The first-order chi connectivity index (χ1) is 7.99. The second-order valence-electron chi connectivity index (χ2n) is 3.23. The smallest absolute Gasteiger partial charge is 0.326 e. The molecule has 0 radical (unpaired) electrons. The zero-order valence-corrected chi connectivity index (χ0v) is 8.74. The number of carboxylic acid groups (broad SMARTS) is 1. The fourth-order valence-electron chi connectivity index (χ4n) is 1.12. The minimum Gasteiger partial charge on any atom is -0.550 e. The Labute approximate surface area is 94.7 Å². The molecule has 1 aromatic rings. The van der Waals surface area contributed by atoms with Crippen molar-refractivity contribution in [3.05, 3.63) is 32.6 Å². The Morgan fingerprint density at radius 1 is 1.29 bits per heavy atom. The molecule has 8 nitrogen and oxygen atoms in total. The van der Waals surface area contributed by atoms with Gasteiger partial charge in [0.05, 0.1) is 0 Å². The van der Waals surface area contributed by atoms with Crippen LogP contribution in [0.25, 0.3) is 0 Å². The van der Waals surface area contributed by atoms with Gasteiger partial charge in [-0.15, -0.1) is 0 Å². The lowest BCUT2D eigenvalue weighted by molar-refractivity contribution is -0.305. The van der Waals surface area contributed by atoms with E-state index in [9.17, 15) is 24.3 Å². The molecule has 1 aromatic heterocycles. The molecule has 0 aliphatic heterocycles. The summed E-state index contributed by atoms with van der Waals surface area (Å²) in [5.74, 6) is -1.85. The molecule has 0 bridgehead atoms. The number of carboxylic acids is 1. The summed E-state index contributed by atoms with van der Waals surface area (Å²) < 4.78 is 0. The van der Waals surface area contributed by atoms with Crippen LogP contribution in [0, 0.1) is 0 Å². The summed E-state index contributed by atoms with van der Waals surface area (Å²) in [7, 11) is 0. The first kappa shape index (κ1) is 12.7. The number of carbonyl (C=O) groups excluding carboxylic acids is 2. The monoisotopic (exact) mass is 240 g/mol. The van der Waals surface area contributed by atoms with Gasteiger partial charge in [0.2, 0.25) is 0 Å². The van der Waals surface area contributed by atoms with Crippen LogP contribution in [-0.2, 0) is 4.79 Å². The summed E-state index contributed by atoms with van der Waals surface area (Å²) >= 11 is 0. The van der Waals surface area contributed by atoms with E-state index in [-0.39, 0.29) is 25.1 Å². The molecule has 92 valence electrons. The van der Waals surface area contributed by atoms with Gasteiger partial charge in [-0.05, 0) is 12.8 Å². The van der Waals surface area contributed by atoms with Gasteiger partial charge < -0.3 is 20.2 Å². The van der Waals surface area contributed by atoms with Crippen molar-refractivity contribution in [3.8, 4) is 0 Å². The van der Waals surface area contributed by atoms with E-state index in [2.05, 4.69) is 10.3 Å². The molecule has 0 aliphatic carbocycles. The van der Waals surface area contributed by atoms with Crippen molar-refractivity contribution in [1.29, 1.82) is 0 Å². The summed E-state index contributed by atoms with van der Waals surface area (Å²) in [6.07, 6.45) is 0.0354. The van der Waals surface area contributed by atoms with Crippen LogP contribution in [0.3, 0.4) is 0 Å². The maximum absolute atomic E-state index is 11.4. The third-order valence-corrected chi connectivity index (χ3v) is 1.85. The Bertz CT molecular complexity index is 502. The molecule has 1 rings (SSSR count). The van der Waals surface area contributed by atoms with Crippen LogP contribution in [-0.4, -0.2) is 28.4 Å². The van der Waals surface area contributed by atoms with E-state index in [0.717, 1.165) is 6.07 Å². The van der Waals surface area contributed by atoms with E-state index in [0.29, 0.717) is 0 Å². The second-order valence-corrected chi connectivity index (χ2v) is 3.23.